The number of amides is 1. The Balaban J connectivity index is 1.36. The highest BCUT2D eigenvalue weighted by Crippen LogP contribution is 2.29. The van der Waals surface area contributed by atoms with Gasteiger partial charge in [0.05, 0.1) is 11.0 Å². The van der Waals surface area contributed by atoms with Gasteiger partial charge in [-0.05, 0) is 55.5 Å². The maximum Gasteiger partial charge on any atom is 0.292 e. The van der Waals surface area contributed by atoms with Crippen LogP contribution in [0.15, 0.2) is 42.5 Å². The minimum Gasteiger partial charge on any atom is -0.363 e. The molecule has 0 bridgehead atoms. The lowest BCUT2D eigenvalue weighted by molar-refractivity contribution is -0.384. The number of aryl methyl sites for hydroxylation is 2. The van der Waals surface area contributed by atoms with Gasteiger partial charge in [-0.15, -0.1) is 0 Å². The molecule has 2 aromatic carbocycles. The number of para-hydroxylation sites is 2. The molecule has 7 nitrogen and oxygen atoms in total. The van der Waals surface area contributed by atoms with E-state index in [9.17, 15) is 14.9 Å². The summed E-state index contributed by atoms with van der Waals surface area (Å²) in [7, 11) is 0. The third kappa shape index (κ3) is 4.10. The molecular formula is C22H26N4O3. The molecule has 0 spiro atoms. The normalized spacial score (nSPS) is 17.6. The molecule has 0 aromatic heterocycles. The van der Waals surface area contributed by atoms with E-state index in [0.29, 0.717) is 31.9 Å². The SMILES string of the molecule is CC(C(=O)Nc1ccc2c(c1)CCC2)N1CCN(c2ccccc2[N+](=O)[O-])CC1. The Bertz CT molecular complexity index is 922. The molecule has 2 aromatic rings. The number of rotatable bonds is 5. The molecule has 1 unspecified atom stereocenters. The van der Waals surface area contributed by atoms with Gasteiger partial charge < -0.3 is 10.2 Å². The molecule has 29 heavy (non-hydrogen) atoms. The van der Waals surface area contributed by atoms with E-state index in [4.69, 9.17) is 0 Å². The number of carbonyl (C=O) groups excluding carboxylic acids is 1. The van der Waals surface area contributed by atoms with Gasteiger partial charge >= 0.3 is 0 Å². The molecule has 0 saturated carbocycles. The number of carbonyl (C=O) groups is 1. The molecule has 1 fully saturated rings. The molecule has 1 heterocycles. The molecule has 1 aliphatic carbocycles. The van der Waals surface area contributed by atoms with Crippen LogP contribution in [0, 0.1) is 10.1 Å². The summed E-state index contributed by atoms with van der Waals surface area (Å²) in [6.07, 6.45) is 3.40. The molecule has 0 radical (unpaired) electrons. The van der Waals surface area contributed by atoms with Crippen LogP contribution in [0.4, 0.5) is 17.1 Å². The standard InChI is InChI=1S/C22H26N4O3/c1-16(22(27)23-19-10-9-17-5-4-6-18(17)15-19)24-11-13-25(14-12-24)20-7-2-3-8-21(20)26(28)29/h2-3,7-10,15-16H,4-6,11-14H2,1H3,(H,23,27). The number of nitrogens with one attached hydrogen (secondary N) is 1. The van der Waals surface area contributed by atoms with Gasteiger partial charge in [-0.3, -0.25) is 19.8 Å². The summed E-state index contributed by atoms with van der Waals surface area (Å²) in [5.74, 6) is -0.0120. The predicted octanol–water partition coefficient (Wildman–Crippen LogP) is 3.23. The third-order valence-corrected chi connectivity index (χ3v) is 6.03. The average Bonchev–Trinajstić information content (AvgIpc) is 3.21. The monoisotopic (exact) mass is 394 g/mol. The Morgan fingerprint density at radius 2 is 1.79 bits per heavy atom. The zero-order chi connectivity index (χ0) is 20.4. The van der Waals surface area contributed by atoms with E-state index in [1.807, 2.05) is 24.0 Å². The zero-order valence-electron chi connectivity index (χ0n) is 16.6. The summed E-state index contributed by atoms with van der Waals surface area (Å²) in [5, 5.41) is 14.3. The van der Waals surface area contributed by atoms with Crippen molar-refractivity contribution in [1.29, 1.82) is 0 Å². The van der Waals surface area contributed by atoms with Gasteiger partial charge in [-0.1, -0.05) is 18.2 Å². The number of nitro benzene ring substituents is 1. The van der Waals surface area contributed by atoms with Crippen LogP contribution >= 0.6 is 0 Å². The first kappa shape index (κ1) is 19.4. The summed E-state index contributed by atoms with van der Waals surface area (Å²) in [5.41, 5.74) is 4.37. The van der Waals surface area contributed by atoms with Gasteiger partial charge in [0.15, 0.2) is 0 Å². The van der Waals surface area contributed by atoms with Crippen molar-refractivity contribution < 1.29 is 9.72 Å². The van der Waals surface area contributed by atoms with Crippen molar-refractivity contribution in [2.24, 2.45) is 0 Å². The highest BCUT2D eigenvalue weighted by atomic mass is 16.6. The van der Waals surface area contributed by atoms with E-state index in [1.54, 1.807) is 12.1 Å². The summed E-state index contributed by atoms with van der Waals surface area (Å²) < 4.78 is 0. The van der Waals surface area contributed by atoms with Crippen molar-refractivity contribution in [2.75, 3.05) is 36.4 Å². The molecule has 1 atom stereocenters. The van der Waals surface area contributed by atoms with Crippen molar-refractivity contribution in [3.8, 4) is 0 Å². The number of fused-ring (bicyclic) bond motifs is 1. The van der Waals surface area contributed by atoms with Gasteiger partial charge in [-0.2, -0.15) is 0 Å². The van der Waals surface area contributed by atoms with Crippen LogP contribution in [0.2, 0.25) is 0 Å². The number of benzene rings is 2. The van der Waals surface area contributed by atoms with Crippen molar-refractivity contribution in [1.82, 2.24) is 4.90 Å². The fourth-order valence-corrected chi connectivity index (χ4v) is 4.30. The summed E-state index contributed by atoms with van der Waals surface area (Å²) >= 11 is 0. The maximum atomic E-state index is 12.8. The lowest BCUT2D eigenvalue weighted by Gasteiger charge is -2.38. The molecule has 2 aliphatic rings. The summed E-state index contributed by atoms with van der Waals surface area (Å²) in [4.78, 5) is 27.9. The number of nitro groups is 1. The second kappa shape index (κ2) is 8.21. The molecule has 1 aliphatic heterocycles. The van der Waals surface area contributed by atoms with Crippen LogP contribution in [0.25, 0.3) is 0 Å². The van der Waals surface area contributed by atoms with E-state index in [1.165, 1.54) is 23.6 Å². The smallest absolute Gasteiger partial charge is 0.292 e. The Morgan fingerprint density at radius 3 is 2.55 bits per heavy atom. The first-order valence-electron chi connectivity index (χ1n) is 10.2. The number of piperazine rings is 1. The summed E-state index contributed by atoms with van der Waals surface area (Å²) in [6.45, 7) is 4.60. The number of anilines is 2. The van der Waals surface area contributed by atoms with Gasteiger partial charge in [-0.25, -0.2) is 0 Å². The van der Waals surface area contributed by atoms with Crippen molar-refractivity contribution in [3.63, 3.8) is 0 Å². The second-order valence-corrected chi connectivity index (χ2v) is 7.77. The van der Waals surface area contributed by atoms with Crippen molar-refractivity contribution in [3.05, 3.63) is 63.7 Å². The predicted molar refractivity (Wildman–Crippen MR) is 113 cm³/mol. The van der Waals surface area contributed by atoms with E-state index >= 15 is 0 Å². The van der Waals surface area contributed by atoms with Crippen molar-refractivity contribution >= 4 is 23.0 Å². The number of hydrogen-bond donors (Lipinski definition) is 1. The van der Waals surface area contributed by atoms with Crippen LogP contribution in [0.3, 0.4) is 0 Å². The molecule has 4 rings (SSSR count). The third-order valence-electron chi connectivity index (χ3n) is 6.03. The van der Waals surface area contributed by atoms with Crippen LogP contribution in [0.5, 0.6) is 0 Å². The van der Waals surface area contributed by atoms with Crippen LogP contribution in [-0.2, 0) is 17.6 Å². The second-order valence-electron chi connectivity index (χ2n) is 7.77. The topological polar surface area (TPSA) is 78.7 Å². The van der Waals surface area contributed by atoms with E-state index in [-0.39, 0.29) is 22.6 Å². The average molecular weight is 394 g/mol. The first-order valence-corrected chi connectivity index (χ1v) is 10.2. The zero-order valence-corrected chi connectivity index (χ0v) is 16.6. The fraction of sp³-hybridized carbons (Fsp3) is 0.409. The molecule has 1 amide bonds. The Labute approximate surface area is 170 Å². The van der Waals surface area contributed by atoms with E-state index in [2.05, 4.69) is 22.3 Å². The van der Waals surface area contributed by atoms with Crippen LogP contribution in [0.1, 0.15) is 24.5 Å². The lowest BCUT2D eigenvalue weighted by atomic mass is 10.1. The number of hydrogen-bond acceptors (Lipinski definition) is 5. The van der Waals surface area contributed by atoms with Crippen LogP contribution in [-0.4, -0.2) is 48.0 Å². The largest absolute Gasteiger partial charge is 0.363 e. The van der Waals surface area contributed by atoms with Gasteiger partial charge in [0.25, 0.3) is 5.69 Å². The fourth-order valence-electron chi connectivity index (χ4n) is 4.30. The summed E-state index contributed by atoms with van der Waals surface area (Å²) in [6, 6.07) is 12.8. The van der Waals surface area contributed by atoms with Gasteiger partial charge in [0.1, 0.15) is 5.69 Å². The quantitative estimate of drug-likeness (QED) is 0.622. The Kier molecular flexibility index (Phi) is 5.49. The van der Waals surface area contributed by atoms with Crippen molar-refractivity contribution in [2.45, 2.75) is 32.2 Å². The van der Waals surface area contributed by atoms with Crippen LogP contribution < -0.4 is 10.2 Å². The minimum atomic E-state index is -0.339. The molecule has 7 heteroatoms. The Hall–Kier alpha value is -2.93. The highest BCUT2D eigenvalue weighted by molar-refractivity contribution is 5.94. The molecule has 1 saturated heterocycles. The van der Waals surface area contributed by atoms with Gasteiger partial charge in [0.2, 0.25) is 5.91 Å². The molecule has 152 valence electrons. The Morgan fingerprint density at radius 1 is 1.07 bits per heavy atom. The molecular weight excluding hydrogens is 368 g/mol. The lowest BCUT2D eigenvalue weighted by Crippen LogP contribution is -2.53. The van der Waals surface area contributed by atoms with E-state index in [0.717, 1.165) is 18.5 Å². The number of nitrogens with zero attached hydrogens (tertiary/aromatic N) is 3. The maximum absolute atomic E-state index is 12.8. The van der Waals surface area contributed by atoms with Gasteiger partial charge in [0, 0.05) is 37.9 Å². The first-order chi connectivity index (χ1) is 14.0. The minimum absolute atomic E-state index is 0.0120. The molecule has 1 N–H and O–H groups in total. The highest BCUT2D eigenvalue weighted by Gasteiger charge is 2.28. The van der Waals surface area contributed by atoms with E-state index < -0.39 is 0 Å².